The SMILES string of the molecule is COc1ccc(Br)cc1C1=N/C(=C\C(Cl)=C\c2ccccc2)C(=O)O1. The number of halogens is 2. The Hall–Kier alpha value is -2.37. The van der Waals surface area contributed by atoms with E-state index in [0.717, 1.165) is 10.0 Å². The predicted molar refractivity (Wildman–Crippen MR) is 102 cm³/mol. The molecule has 0 saturated carbocycles. The fraction of sp³-hybridized carbons (Fsp3) is 0.0526. The van der Waals surface area contributed by atoms with Crippen LogP contribution in [0.3, 0.4) is 0 Å². The molecule has 3 rings (SSSR count). The minimum atomic E-state index is -0.559. The van der Waals surface area contributed by atoms with Gasteiger partial charge in [0.05, 0.1) is 12.7 Å². The quantitative estimate of drug-likeness (QED) is 0.523. The van der Waals surface area contributed by atoms with Crippen LogP contribution in [0.5, 0.6) is 5.75 Å². The van der Waals surface area contributed by atoms with Crippen molar-refractivity contribution in [3.05, 3.63) is 80.9 Å². The second-order valence-electron chi connectivity index (χ2n) is 5.12. The lowest BCUT2D eigenvalue weighted by atomic mass is 10.2. The number of carbonyl (C=O) groups excluding carboxylic acids is 1. The Balaban J connectivity index is 1.93. The number of methoxy groups -OCH3 is 1. The second-order valence-corrected chi connectivity index (χ2v) is 6.47. The molecule has 4 nitrogen and oxygen atoms in total. The third-order valence-corrected chi connectivity index (χ3v) is 4.10. The topological polar surface area (TPSA) is 47.9 Å². The van der Waals surface area contributed by atoms with Crippen LogP contribution < -0.4 is 4.74 Å². The fourth-order valence-corrected chi connectivity index (χ4v) is 2.84. The number of ether oxygens (including phenoxy) is 2. The van der Waals surface area contributed by atoms with Gasteiger partial charge in [0.15, 0.2) is 5.70 Å². The summed E-state index contributed by atoms with van der Waals surface area (Å²) in [6, 6.07) is 14.9. The molecule has 0 N–H and O–H groups in total. The summed E-state index contributed by atoms with van der Waals surface area (Å²) in [5.41, 5.74) is 1.64. The van der Waals surface area contributed by atoms with E-state index < -0.39 is 5.97 Å². The zero-order valence-corrected chi connectivity index (χ0v) is 15.5. The van der Waals surface area contributed by atoms with Crippen LogP contribution in [0.15, 0.2) is 74.8 Å². The van der Waals surface area contributed by atoms with Crippen LogP contribution in [-0.2, 0) is 9.53 Å². The normalized spacial score (nSPS) is 16.0. The number of rotatable bonds is 4. The van der Waals surface area contributed by atoms with Gasteiger partial charge in [0, 0.05) is 9.51 Å². The van der Waals surface area contributed by atoms with E-state index in [2.05, 4.69) is 20.9 Å². The molecule has 2 aromatic rings. The summed E-state index contributed by atoms with van der Waals surface area (Å²) in [6.07, 6.45) is 3.23. The van der Waals surface area contributed by atoms with E-state index >= 15 is 0 Å². The van der Waals surface area contributed by atoms with Crippen molar-refractivity contribution >= 4 is 45.5 Å². The highest BCUT2D eigenvalue weighted by molar-refractivity contribution is 9.10. The maximum atomic E-state index is 12.1. The van der Waals surface area contributed by atoms with Gasteiger partial charge >= 0.3 is 5.97 Å². The van der Waals surface area contributed by atoms with Crippen LogP contribution in [0.25, 0.3) is 6.08 Å². The Morgan fingerprint density at radius 1 is 1.24 bits per heavy atom. The molecular weight excluding hydrogens is 406 g/mol. The van der Waals surface area contributed by atoms with Crippen LogP contribution in [0.4, 0.5) is 0 Å². The number of hydrogen-bond acceptors (Lipinski definition) is 4. The number of aliphatic imine (C=N–C) groups is 1. The Kier molecular flexibility index (Phi) is 5.36. The van der Waals surface area contributed by atoms with Crippen molar-refractivity contribution in [2.75, 3.05) is 7.11 Å². The first-order chi connectivity index (χ1) is 12.1. The van der Waals surface area contributed by atoms with E-state index in [1.165, 1.54) is 6.08 Å². The third-order valence-electron chi connectivity index (χ3n) is 3.39. The summed E-state index contributed by atoms with van der Waals surface area (Å²) >= 11 is 9.60. The minimum Gasteiger partial charge on any atom is -0.496 e. The molecule has 126 valence electrons. The number of allylic oxidation sites excluding steroid dienone is 2. The Morgan fingerprint density at radius 3 is 2.72 bits per heavy atom. The second kappa shape index (κ2) is 7.68. The van der Waals surface area contributed by atoms with E-state index in [-0.39, 0.29) is 11.6 Å². The monoisotopic (exact) mass is 417 g/mol. The van der Waals surface area contributed by atoms with Crippen molar-refractivity contribution in [1.82, 2.24) is 0 Å². The molecule has 1 heterocycles. The van der Waals surface area contributed by atoms with E-state index in [0.29, 0.717) is 16.3 Å². The molecule has 0 saturated heterocycles. The van der Waals surface area contributed by atoms with Gasteiger partial charge in [0.2, 0.25) is 5.90 Å². The highest BCUT2D eigenvalue weighted by atomic mass is 79.9. The molecule has 0 aliphatic carbocycles. The molecule has 0 unspecified atom stereocenters. The van der Waals surface area contributed by atoms with Crippen molar-refractivity contribution < 1.29 is 14.3 Å². The lowest BCUT2D eigenvalue weighted by Gasteiger charge is -2.07. The number of carbonyl (C=O) groups is 1. The van der Waals surface area contributed by atoms with E-state index in [1.807, 2.05) is 36.4 Å². The maximum Gasteiger partial charge on any atom is 0.363 e. The minimum absolute atomic E-state index is 0.134. The number of esters is 1. The van der Waals surface area contributed by atoms with Crippen LogP contribution in [0.1, 0.15) is 11.1 Å². The average Bonchev–Trinajstić information content (AvgIpc) is 2.96. The van der Waals surface area contributed by atoms with Gasteiger partial charge in [-0.15, -0.1) is 0 Å². The Bertz CT molecular complexity index is 904. The van der Waals surface area contributed by atoms with E-state index in [9.17, 15) is 4.79 Å². The van der Waals surface area contributed by atoms with Crippen molar-refractivity contribution in [3.63, 3.8) is 0 Å². The van der Waals surface area contributed by atoms with Gasteiger partial charge in [-0.05, 0) is 35.9 Å². The Morgan fingerprint density at radius 2 is 2.00 bits per heavy atom. The van der Waals surface area contributed by atoms with Crippen LogP contribution in [-0.4, -0.2) is 19.0 Å². The summed E-state index contributed by atoms with van der Waals surface area (Å²) < 4.78 is 11.4. The standard InChI is InChI=1S/C19H13BrClNO3/c1-24-17-8-7-13(20)10-15(17)18-22-16(19(23)25-18)11-14(21)9-12-5-3-2-4-6-12/h2-11H,1H3/b14-9-,16-11-. The molecule has 6 heteroatoms. The van der Waals surface area contributed by atoms with Crippen molar-refractivity contribution in [1.29, 1.82) is 0 Å². The first-order valence-corrected chi connectivity index (χ1v) is 8.52. The summed E-state index contributed by atoms with van der Waals surface area (Å²) in [5, 5.41) is 0.379. The van der Waals surface area contributed by atoms with Crippen molar-refractivity contribution in [2.24, 2.45) is 4.99 Å². The molecule has 0 fully saturated rings. The smallest absolute Gasteiger partial charge is 0.363 e. The number of hydrogen-bond donors (Lipinski definition) is 0. The van der Waals surface area contributed by atoms with Crippen LogP contribution in [0.2, 0.25) is 0 Å². The van der Waals surface area contributed by atoms with E-state index in [4.69, 9.17) is 21.1 Å². The van der Waals surface area contributed by atoms with Gasteiger partial charge < -0.3 is 9.47 Å². The molecule has 0 amide bonds. The van der Waals surface area contributed by atoms with Crippen LogP contribution in [0, 0.1) is 0 Å². The number of cyclic esters (lactones) is 1. The largest absolute Gasteiger partial charge is 0.496 e. The molecule has 2 aromatic carbocycles. The number of nitrogens with zero attached hydrogens (tertiary/aromatic N) is 1. The predicted octanol–water partition coefficient (Wildman–Crippen LogP) is 4.92. The van der Waals surface area contributed by atoms with Gasteiger partial charge in [-0.25, -0.2) is 9.79 Å². The van der Waals surface area contributed by atoms with E-state index in [1.54, 1.807) is 25.3 Å². The van der Waals surface area contributed by atoms with Crippen LogP contribution >= 0.6 is 27.5 Å². The molecule has 25 heavy (non-hydrogen) atoms. The number of benzene rings is 2. The highest BCUT2D eigenvalue weighted by Crippen LogP contribution is 2.28. The van der Waals surface area contributed by atoms with Gasteiger partial charge in [-0.2, -0.15) is 0 Å². The first-order valence-electron chi connectivity index (χ1n) is 7.35. The highest BCUT2D eigenvalue weighted by Gasteiger charge is 2.26. The molecular formula is C19H13BrClNO3. The van der Waals surface area contributed by atoms with Gasteiger partial charge in [0.1, 0.15) is 5.75 Å². The summed E-state index contributed by atoms with van der Waals surface area (Å²) in [6.45, 7) is 0. The van der Waals surface area contributed by atoms with Crippen molar-refractivity contribution in [3.8, 4) is 5.75 Å². The lowest BCUT2D eigenvalue weighted by Crippen LogP contribution is -2.07. The summed E-state index contributed by atoms with van der Waals surface area (Å²) in [7, 11) is 1.54. The first kappa shape index (κ1) is 17.5. The third kappa shape index (κ3) is 4.18. The molecule has 1 aliphatic heterocycles. The van der Waals surface area contributed by atoms with Gasteiger partial charge in [-0.3, -0.25) is 0 Å². The maximum absolute atomic E-state index is 12.1. The molecule has 0 spiro atoms. The summed E-state index contributed by atoms with van der Waals surface area (Å²) in [4.78, 5) is 16.3. The van der Waals surface area contributed by atoms with Crippen molar-refractivity contribution in [2.45, 2.75) is 0 Å². The molecule has 0 atom stereocenters. The molecule has 0 aromatic heterocycles. The average molecular weight is 419 g/mol. The zero-order valence-electron chi connectivity index (χ0n) is 13.2. The van der Waals surface area contributed by atoms with Gasteiger partial charge in [-0.1, -0.05) is 57.9 Å². The van der Waals surface area contributed by atoms with Gasteiger partial charge in [0.25, 0.3) is 0 Å². The fourth-order valence-electron chi connectivity index (χ4n) is 2.25. The molecule has 0 radical (unpaired) electrons. The molecule has 0 bridgehead atoms. The lowest BCUT2D eigenvalue weighted by molar-refractivity contribution is -0.130. The molecule has 1 aliphatic rings. The Labute approximate surface area is 158 Å². The summed E-state index contributed by atoms with van der Waals surface area (Å²) in [5.74, 6) is 0.178. The zero-order chi connectivity index (χ0) is 17.8.